The number of likely N-dealkylation sites (N-methyl/N-ethyl adjacent to an activating group) is 1. The quantitative estimate of drug-likeness (QED) is 0.799. The van der Waals surface area contributed by atoms with Crippen molar-refractivity contribution >= 4 is 11.7 Å². The van der Waals surface area contributed by atoms with Crippen LogP contribution in [-0.2, 0) is 6.54 Å². The Balaban J connectivity index is 2.03. The number of anilines is 1. The maximum absolute atomic E-state index is 12.8. The van der Waals surface area contributed by atoms with Crippen LogP contribution < -0.4 is 5.32 Å². The molecule has 1 aromatic heterocycles. The van der Waals surface area contributed by atoms with Gasteiger partial charge in [-0.1, -0.05) is 30.3 Å². The summed E-state index contributed by atoms with van der Waals surface area (Å²) in [5, 5.41) is 11.4. The van der Waals surface area contributed by atoms with Gasteiger partial charge in [0.05, 0.1) is 0 Å². The van der Waals surface area contributed by atoms with Gasteiger partial charge >= 0.3 is 0 Å². The van der Waals surface area contributed by atoms with Crippen LogP contribution in [0.15, 0.2) is 42.5 Å². The minimum absolute atomic E-state index is 0.0763. The minimum atomic E-state index is -0.105. The highest BCUT2D eigenvalue weighted by Crippen LogP contribution is 2.12. The third-order valence-electron chi connectivity index (χ3n) is 3.83. The second kappa shape index (κ2) is 9.13. The van der Waals surface area contributed by atoms with Gasteiger partial charge < -0.3 is 15.1 Å². The van der Waals surface area contributed by atoms with E-state index in [1.807, 2.05) is 58.3 Å². The van der Waals surface area contributed by atoms with E-state index in [1.54, 1.807) is 17.0 Å². The maximum Gasteiger partial charge on any atom is 0.274 e. The van der Waals surface area contributed by atoms with Gasteiger partial charge in [-0.15, -0.1) is 10.2 Å². The van der Waals surface area contributed by atoms with Gasteiger partial charge in [0.2, 0.25) is 0 Å². The molecule has 0 radical (unpaired) electrons. The minimum Gasteiger partial charge on any atom is -0.367 e. The topological polar surface area (TPSA) is 61.4 Å². The zero-order chi connectivity index (χ0) is 18.2. The van der Waals surface area contributed by atoms with Crippen LogP contribution in [0.2, 0.25) is 0 Å². The third kappa shape index (κ3) is 5.83. The lowest BCUT2D eigenvalue weighted by molar-refractivity contribution is 0.0683. The molecular weight excluding hydrogens is 314 g/mol. The smallest absolute Gasteiger partial charge is 0.274 e. The number of hydrogen-bond acceptors (Lipinski definition) is 5. The van der Waals surface area contributed by atoms with Crippen molar-refractivity contribution in [1.82, 2.24) is 20.0 Å². The maximum atomic E-state index is 12.8. The van der Waals surface area contributed by atoms with E-state index in [2.05, 4.69) is 20.4 Å². The van der Waals surface area contributed by atoms with E-state index in [9.17, 15) is 4.79 Å². The van der Waals surface area contributed by atoms with Crippen LogP contribution in [-0.4, -0.2) is 59.1 Å². The van der Waals surface area contributed by atoms with E-state index < -0.39 is 0 Å². The van der Waals surface area contributed by atoms with Crippen molar-refractivity contribution in [2.45, 2.75) is 26.4 Å². The fraction of sp³-hybridized carbons (Fsp3) is 0.421. The predicted octanol–water partition coefficient (Wildman–Crippen LogP) is 2.50. The van der Waals surface area contributed by atoms with E-state index in [1.165, 1.54) is 0 Å². The molecular formula is C19H27N5O. The Labute approximate surface area is 149 Å². The lowest BCUT2D eigenvalue weighted by atomic mass is 10.1. The van der Waals surface area contributed by atoms with Crippen LogP contribution in [0, 0.1) is 0 Å². The Kier molecular flexibility index (Phi) is 6.89. The summed E-state index contributed by atoms with van der Waals surface area (Å²) in [6, 6.07) is 13.6. The number of nitrogens with zero attached hydrogens (tertiary/aromatic N) is 4. The summed E-state index contributed by atoms with van der Waals surface area (Å²) >= 11 is 0. The zero-order valence-corrected chi connectivity index (χ0v) is 15.4. The van der Waals surface area contributed by atoms with Crippen LogP contribution in [0.1, 0.15) is 29.9 Å². The number of carbonyl (C=O) groups excluding carboxylic acids is 1. The summed E-state index contributed by atoms with van der Waals surface area (Å²) in [7, 11) is 4.03. The summed E-state index contributed by atoms with van der Waals surface area (Å²) in [5.74, 6) is 0.573. The second-order valence-electron chi connectivity index (χ2n) is 6.55. The summed E-state index contributed by atoms with van der Waals surface area (Å²) in [5.41, 5.74) is 1.46. The molecule has 1 aromatic carbocycles. The second-order valence-corrected chi connectivity index (χ2v) is 6.55. The Bertz CT molecular complexity index is 655. The molecule has 2 aromatic rings. The standard InChI is InChI=1S/C19H27N5O/c1-15(2)24(14-16-8-6-5-7-9-16)19(25)17-10-11-18(22-21-17)20-12-13-23(3)4/h5-11,15H,12-14H2,1-4H3,(H,20,22). The van der Waals surface area contributed by atoms with Gasteiger partial charge in [0.15, 0.2) is 5.69 Å². The first-order valence-electron chi connectivity index (χ1n) is 8.54. The molecule has 1 amide bonds. The third-order valence-corrected chi connectivity index (χ3v) is 3.83. The van der Waals surface area contributed by atoms with Crippen molar-refractivity contribution in [3.05, 3.63) is 53.7 Å². The SMILES string of the molecule is CC(C)N(Cc1ccccc1)C(=O)c1ccc(NCCN(C)C)nn1. The molecule has 6 heteroatoms. The molecule has 0 saturated heterocycles. The Morgan fingerprint density at radius 1 is 1.08 bits per heavy atom. The molecule has 0 aliphatic carbocycles. The van der Waals surface area contributed by atoms with Gasteiger partial charge in [-0.3, -0.25) is 4.79 Å². The summed E-state index contributed by atoms with van der Waals surface area (Å²) in [4.78, 5) is 16.7. The number of hydrogen-bond donors (Lipinski definition) is 1. The average molecular weight is 341 g/mol. The number of carbonyl (C=O) groups is 1. The normalized spacial score (nSPS) is 11.0. The molecule has 0 saturated carbocycles. The van der Waals surface area contributed by atoms with Crippen LogP contribution >= 0.6 is 0 Å². The fourth-order valence-corrected chi connectivity index (χ4v) is 2.36. The number of nitrogens with one attached hydrogen (secondary N) is 1. The van der Waals surface area contributed by atoms with Crippen molar-refractivity contribution in [1.29, 1.82) is 0 Å². The van der Waals surface area contributed by atoms with E-state index >= 15 is 0 Å². The summed E-state index contributed by atoms with van der Waals surface area (Å²) in [6.45, 7) is 6.25. The zero-order valence-electron chi connectivity index (χ0n) is 15.4. The number of aromatic nitrogens is 2. The molecule has 1 N–H and O–H groups in total. The van der Waals surface area contributed by atoms with E-state index in [0.717, 1.165) is 18.7 Å². The molecule has 0 aliphatic rings. The largest absolute Gasteiger partial charge is 0.367 e. The van der Waals surface area contributed by atoms with Gasteiger partial charge in [-0.05, 0) is 45.6 Å². The molecule has 0 spiro atoms. The van der Waals surface area contributed by atoms with Crippen molar-refractivity contribution < 1.29 is 4.79 Å². The first kappa shape index (κ1) is 18.9. The van der Waals surface area contributed by atoms with Crippen LogP contribution in [0.4, 0.5) is 5.82 Å². The highest BCUT2D eigenvalue weighted by Gasteiger charge is 2.20. The Hall–Kier alpha value is -2.47. The number of amides is 1. The van der Waals surface area contributed by atoms with Gasteiger partial charge in [-0.25, -0.2) is 0 Å². The highest BCUT2D eigenvalue weighted by molar-refractivity contribution is 5.92. The molecule has 6 nitrogen and oxygen atoms in total. The summed E-state index contributed by atoms with van der Waals surface area (Å²) in [6.07, 6.45) is 0. The van der Waals surface area contributed by atoms with Gasteiger partial charge in [-0.2, -0.15) is 0 Å². The molecule has 0 aliphatic heterocycles. The van der Waals surface area contributed by atoms with Crippen LogP contribution in [0.25, 0.3) is 0 Å². The van der Waals surface area contributed by atoms with Gasteiger partial charge in [0, 0.05) is 25.7 Å². The molecule has 0 fully saturated rings. The average Bonchev–Trinajstić information content (AvgIpc) is 2.60. The van der Waals surface area contributed by atoms with Gasteiger partial charge in [0.1, 0.15) is 5.82 Å². The molecule has 0 bridgehead atoms. The van der Waals surface area contributed by atoms with Crippen molar-refractivity contribution in [3.63, 3.8) is 0 Å². The van der Waals surface area contributed by atoms with E-state index in [-0.39, 0.29) is 11.9 Å². The lowest BCUT2D eigenvalue weighted by Gasteiger charge is -2.26. The lowest BCUT2D eigenvalue weighted by Crippen LogP contribution is -2.37. The fourth-order valence-electron chi connectivity index (χ4n) is 2.36. The Morgan fingerprint density at radius 3 is 2.36 bits per heavy atom. The van der Waals surface area contributed by atoms with Gasteiger partial charge in [0.25, 0.3) is 5.91 Å². The molecule has 25 heavy (non-hydrogen) atoms. The predicted molar refractivity (Wildman–Crippen MR) is 101 cm³/mol. The van der Waals surface area contributed by atoms with Crippen molar-refractivity contribution in [3.8, 4) is 0 Å². The first-order valence-corrected chi connectivity index (χ1v) is 8.54. The van der Waals surface area contributed by atoms with E-state index in [4.69, 9.17) is 0 Å². The van der Waals surface area contributed by atoms with Crippen LogP contribution in [0.5, 0.6) is 0 Å². The Morgan fingerprint density at radius 2 is 1.80 bits per heavy atom. The monoisotopic (exact) mass is 341 g/mol. The molecule has 2 rings (SSSR count). The first-order chi connectivity index (χ1) is 12.0. The van der Waals surface area contributed by atoms with Crippen molar-refractivity contribution in [2.75, 3.05) is 32.5 Å². The molecule has 0 atom stereocenters. The summed E-state index contributed by atoms with van der Waals surface area (Å²) < 4.78 is 0. The number of benzene rings is 1. The van der Waals surface area contributed by atoms with Crippen molar-refractivity contribution in [2.24, 2.45) is 0 Å². The highest BCUT2D eigenvalue weighted by atomic mass is 16.2. The molecule has 0 unspecified atom stereocenters. The number of rotatable bonds is 8. The molecule has 134 valence electrons. The molecule has 1 heterocycles. The van der Waals surface area contributed by atoms with Crippen LogP contribution in [0.3, 0.4) is 0 Å². The van der Waals surface area contributed by atoms with E-state index in [0.29, 0.717) is 18.1 Å².